The molecule has 0 unspecified atom stereocenters. The van der Waals surface area contributed by atoms with Crippen LogP contribution in [0.1, 0.15) is 42.9 Å². The van der Waals surface area contributed by atoms with Gasteiger partial charge >= 0.3 is 0 Å². The molecule has 1 nitrogen and oxygen atoms in total. The first kappa shape index (κ1) is 21.6. The van der Waals surface area contributed by atoms with Crippen LogP contribution in [-0.4, -0.2) is 20.5 Å². The van der Waals surface area contributed by atoms with Crippen molar-refractivity contribution in [3.05, 3.63) is 90.0 Å². The SMILES string of the molecule is CC(C)(C)c1cc(C2SCCCS2)ccc1O[SiH](c1ccccc1)c1ccccc1. The highest BCUT2D eigenvalue weighted by molar-refractivity contribution is 8.16. The summed E-state index contributed by atoms with van der Waals surface area (Å²) in [4.78, 5) is 0. The van der Waals surface area contributed by atoms with E-state index in [0.29, 0.717) is 4.58 Å². The maximum atomic E-state index is 6.91. The van der Waals surface area contributed by atoms with E-state index in [1.54, 1.807) is 0 Å². The maximum absolute atomic E-state index is 6.91. The third-order valence-corrected chi connectivity index (χ3v) is 10.8. The predicted octanol–water partition coefficient (Wildman–Crippen LogP) is 5.77. The lowest BCUT2D eigenvalue weighted by Gasteiger charge is -2.29. The molecule has 0 radical (unpaired) electrons. The van der Waals surface area contributed by atoms with Crippen LogP contribution in [0.4, 0.5) is 0 Å². The van der Waals surface area contributed by atoms with Crippen LogP contribution < -0.4 is 14.8 Å². The molecule has 0 aliphatic carbocycles. The van der Waals surface area contributed by atoms with E-state index < -0.39 is 9.04 Å². The third-order valence-electron chi connectivity index (χ3n) is 5.36. The molecule has 156 valence electrons. The van der Waals surface area contributed by atoms with Crippen molar-refractivity contribution in [1.29, 1.82) is 0 Å². The smallest absolute Gasteiger partial charge is 0.299 e. The zero-order valence-electron chi connectivity index (χ0n) is 18.0. The molecule has 0 aromatic heterocycles. The molecule has 3 aromatic rings. The zero-order valence-corrected chi connectivity index (χ0v) is 20.8. The van der Waals surface area contributed by atoms with Gasteiger partial charge in [-0.05, 0) is 57.0 Å². The fraction of sp³-hybridized carbons (Fsp3) is 0.308. The highest BCUT2D eigenvalue weighted by Crippen LogP contribution is 2.45. The molecule has 3 aromatic carbocycles. The second kappa shape index (κ2) is 9.67. The van der Waals surface area contributed by atoms with Crippen molar-refractivity contribution in [1.82, 2.24) is 0 Å². The van der Waals surface area contributed by atoms with Gasteiger partial charge in [0, 0.05) is 0 Å². The Hall–Kier alpha value is -1.62. The van der Waals surface area contributed by atoms with Gasteiger partial charge in [0.15, 0.2) is 0 Å². The Bertz CT molecular complexity index is 908. The van der Waals surface area contributed by atoms with E-state index in [0.717, 1.165) is 5.75 Å². The highest BCUT2D eigenvalue weighted by atomic mass is 32.2. The average Bonchev–Trinajstić information content (AvgIpc) is 2.78. The molecular weight excluding hydrogens is 421 g/mol. The second-order valence-electron chi connectivity index (χ2n) is 8.75. The van der Waals surface area contributed by atoms with E-state index in [-0.39, 0.29) is 5.41 Å². The van der Waals surface area contributed by atoms with Gasteiger partial charge in [-0.1, -0.05) is 87.5 Å². The van der Waals surface area contributed by atoms with Crippen LogP contribution >= 0.6 is 23.5 Å². The highest BCUT2D eigenvalue weighted by Gasteiger charge is 2.26. The molecule has 1 saturated heterocycles. The minimum atomic E-state index is -1.84. The van der Waals surface area contributed by atoms with Crippen molar-refractivity contribution in [2.75, 3.05) is 11.5 Å². The molecule has 1 aliphatic rings. The van der Waals surface area contributed by atoms with E-state index in [1.165, 1.54) is 39.4 Å². The van der Waals surface area contributed by atoms with Gasteiger partial charge < -0.3 is 4.43 Å². The van der Waals surface area contributed by atoms with Crippen LogP contribution in [0.3, 0.4) is 0 Å². The van der Waals surface area contributed by atoms with Crippen molar-refractivity contribution in [3.8, 4) is 5.75 Å². The van der Waals surface area contributed by atoms with Crippen molar-refractivity contribution in [2.24, 2.45) is 0 Å². The van der Waals surface area contributed by atoms with E-state index in [4.69, 9.17) is 4.43 Å². The molecule has 1 aliphatic heterocycles. The van der Waals surface area contributed by atoms with Gasteiger partial charge in [0.05, 0.1) is 4.58 Å². The first-order valence-corrected chi connectivity index (χ1v) is 14.4. The van der Waals surface area contributed by atoms with Crippen LogP contribution in [0.25, 0.3) is 0 Å². The third kappa shape index (κ3) is 5.16. The van der Waals surface area contributed by atoms with Gasteiger partial charge in [-0.3, -0.25) is 0 Å². The van der Waals surface area contributed by atoms with Gasteiger partial charge in [0.25, 0.3) is 9.04 Å². The Balaban J connectivity index is 1.72. The minimum Gasteiger partial charge on any atom is -0.537 e. The molecule has 0 N–H and O–H groups in total. The lowest BCUT2D eigenvalue weighted by atomic mass is 9.85. The molecule has 0 atom stereocenters. The van der Waals surface area contributed by atoms with Crippen LogP contribution in [0, 0.1) is 0 Å². The van der Waals surface area contributed by atoms with Crippen molar-refractivity contribution < 1.29 is 4.43 Å². The average molecular weight is 451 g/mol. The Morgan fingerprint density at radius 3 is 1.90 bits per heavy atom. The summed E-state index contributed by atoms with van der Waals surface area (Å²) in [5, 5.41) is 2.62. The van der Waals surface area contributed by atoms with Crippen molar-refractivity contribution >= 4 is 42.9 Å². The number of hydrogen-bond acceptors (Lipinski definition) is 3. The first-order chi connectivity index (χ1) is 14.5. The second-order valence-corrected chi connectivity index (χ2v) is 13.8. The topological polar surface area (TPSA) is 9.23 Å². The molecule has 4 rings (SSSR count). The van der Waals surface area contributed by atoms with Crippen molar-refractivity contribution in [3.63, 3.8) is 0 Å². The number of thioether (sulfide) groups is 2. The summed E-state index contributed by atoms with van der Waals surface area (Å²) in [5.41, 5.74) is 2.78. The molecule has 4 heteroatoms. The zero-order chi connectivity index (χ0) is 21.0. The summed E-state index contributed by atoms with van der Waals surface area (Å²) in [6.45, 7) is 6.88. The summed E-state index contributed by atoms with van der Waals surface area (Å²) in [6.07, 6.45) is 1.32. The van der Waals surface area contributed by atoms with E-state index in [2.05, 4.69) is 123 Å². The van der Waals surface area contributed by atoms with E-state index >= 15 is 0 Å². The minimum absolute atomic E-state index is 0.0294. The maximum Gasteiger partial charge on any atom is 0.299 e. The van der Waals surface area contributed by atoms with Gasteiger partial charge in [0.2, 0.25) is 0 Å². The largest absolute Gasteiger partial charge is 0.537 e. The van der Waals surface area contributed by atoms with Gasteiger partial charge in [-0.25, -0.2) is 0 Å². The molecule has 0 amide bonds. The molecule has 1 heterocycles. The molecule has 0 spiro atoms. The Morgan fingerprint density at radius 1 is 0.800 bits per heavy atom. The quantitative estimate of drug-likeness (QED) is 0.457. The standard InChI is InChI=1S/C26H30OS2Si/c1-26(2,3)23-19-20(25-28-17-10-18-29-25)15-16-24(23)27-30(21-11-6-4-7-12-21)22-13-8-5-9-14-22/h4-9,11-16,19,25,30H,10,17-18H2,1-3H3. The molecule has 30 heavy (non-hydrogen) atoms. The summed E-state index contributed by atoms with van der Waals surface area (Å²) in [6, 6.07) is 28.4. The number of benzene rings is 3. The normalized spacial score (nSPS) is 15.3. The molecule has 1 fully saturated rings. The lowest BCUT2D eigenvalue weighted by Crippen LogP contribution is -2.47. The van der Waals surface area contributed by atoms with Crippen LogP contribution in [0.15, 0.2) is 78.9 Å². The summed E-state index contributed by atoms with van der Waals surface area (Å²) >= 11 is 4.16. The predicted molar refractivity (Wildman–Crippen MR) is 137 cm³/mol. The van der Waals surface area contributed by atoms with Crippen LogP contribution in [0.2, 0.25) is 0 Å². The monoisotopic (exact) mass is 450 g/mol. The van der Waals surface area contributed by atoms with Crippen molar-refractivity contribution in [2.45, 2.75) is 37.2 Å². The Morgan fingerprint density at radius 2 is 1.37 bits per heavy atom. The van der Waals surface area contributed by atoms with E-state index in [9.17, 15) is 0 Å². The number of hydrogen-bond donors (Lipinski definition) is 0. The van der Waals surface area contributed by atoms with Gasteiger partial charge in [-0.15, -0.1) is 23.5 Å². The fourth-order valence-electron chi connectivity index (χ4n) is 3.77. The Kier molecular flexibility index (Phi) is 6.96. The number of rotatable bonds is 5. The first-order valence-electron chi connectivity index (χ1n) is 10.7. The fourth-order valence-corrected chi connectivity index (χ4v) is 8.91. The lowest BCUT2D eigenvalue weighted by molar-refractivity contribution is 0.525. The molecule has 0 saturated carbocycles. The summed E-state index contributed by atoms with van der Waals surface area (Å²) < 4.78 is 7.46. The summed E-state index contributed by atoms with van der Waals surface area (Å²) in [5.74, 6) is 3.57. The van der Waals surface area contributed by atoms with Gasteiger partial charge in [0.1, 0.15) is 5.75 Å². The van der Waals surface area contributed by atoms with Crippen LogP contribution in [0.5, 0.6) is 5.75 Å². The Labute approximate surface area is 191 Å². The van der Waals surface area contributed by atoms with Crippen LogP contribution in [-0.2, 0) is 5.41 Å². The van der Waals surface area contributed by atoms with Gasteiger partial charge in [-0.2, -0.15) is 0 Å². The summed E-state index contributed by atoms with van der Waals surface area (Å²) in [7, 11) is -1.84. The molecule has 0 bridgehead atoms. The molecular formula is C26H30OS2Si. The van der Waals surface area contributed by atoms with E-state index in [1.807, 2.05) is 0 Å².